The molecule has 0 aliphatic carbocycles. The number of nitrogens with zero attached hydrogens (tertiary/aromatic N) is 16. The van der Waals surface area contributed by atoms with Gasteiger partial charge >= 0.3 is 0 Å². The summed E-state index contributed by atoms with van der Waals surface area (Å²) in [6.07, 6.45) is 24.8. The average molecular weight is 1540 g/mol. The molecule has 20 rings (SSSR count). The fourth-order valence-electron chi connectivity index (χ4n) is 15.2. The average Bonchev–Trinajstić information content (AvgIpc) is 1.73. The van der Waals surface area contributed by atoms with E-state index < -0.39 is 18.4 Å². The molecule has 28 nitrogen and oxygen atoms in total. The number of alkyl halides is 2. The third kappa shape index (κ3) is 16.2. The number of hydrogen-bond donors (Lipinski definition) is 8. The largest absolute Gasteiger partial charge is 0.337 e. The maximum absolute atomic E-state index is 13.8. The van der Waals surface area contributed by atoms with Crippen LogP contribution in [0.2, 0.25) is 0 Å². The van der Waals surface area contributed by atoms with Gasteiger partial charge in [-0.1, -0.05) is 12.8 Å². The highest BCUT2D eigenvalue weighted by molar-refractivity contribution is 6.09. The summed E-state index contributed by atoms with van der Waals surface area (Å²) in [6, 6.07) is 45.8. The predicted molar refractivity (Wildman–Crippen MR) is 440 cm³/mol. The van der Waals surface area contributed by atoms with Crippen molar-refractivity contribution >= 4 is 157 Å². The van der Waals surface area contributed by atoms with Gasteiger partial charge in [0.1, 0.15) is 44.8 Å². The maximum Gasteiger partial charge on any atom is 0.273 e. The summed E-state index contributed by atoms with van der Waals surface area (Å²) in [5.74, 6) is -0.635. The summed E-state index contributed by atoms with van der Waals surface area (Å²) in [4.78, 5) is 93.6. The van der Waals surface area contributed by atoms with Crippen LogP contribution >= 0.6 is 0 Å². The Kier molecular flexibility index (Phi) is 21.2. The first-order chi connectivity index (χ1) is 56.4. The highest BCUT2D eigenvalue weighted by Crippen LogP contribution is 2.35. The number of benzene rings is 4. The number of carbonyl (C=O) groups is 4. The van der Waals surface area contributed by atoms with Gasteiger partial charge in [0.05, 0.1) is 28.6 Å². The summed E-state index contributed by atoms with van der Waals surface area (Å²) in [6.45, 7) is 4.64. The SMILES string of the molecule is O=C(c1nccc2cc(Nc3n[nH]c4cccnc34)ccc12)N1CCCC(F)(F)C1.O=C(c1nccc2cc(Nc3n[nH]c4cccnc34)ccc12)N1CCCCC1.O=C(c1nccc2cc(Nc3n[nH]c4cccnc34)ccc12)N1CCCCC1.O=C(c1nccc2cc(Nc3n[nH]c4cccnc34)ccc12)N1CCCCCC1. The van der Waals surface area contributed by atoms with Gasteiger partial charge in [0.15, 0.2) is 23.3 Å². The van der Waals surface area contributed by atoms with Crippen LogP contribution in [0.3, 0.4) is 0 Å². The molecule has 16 aromatic rings. The topological polar surface area (TPSA) is 347 Å². The molecule has 4 saturated heterocycles. The van der Waals surface area contributed by atoms with Crippen LogP contribution in [0.15, 0.2) is 195 Å². The molecule has 0 radical (unpaired) electrons. The fraction of sp³-hybridized carbons (Fsp3) is 0.247. The molecule has 4 aromatic carbocycles. The van der Waals surface area contributed by atoms with Crippen molar-refractivity contribution in [1.82, 2.24) is 100 Å². The van der Waals surface area contributed by atoms with Gasteiger partial charge < -0.3 is 40.9 Å². The number of piperidine rings is 3. The first-order valence-corrected chi connectivity index (χ1v) is 38.7. The lowest BCUT2D eigenvalue weighted by molar-refractivity contribution is -0.0561. The summed E-state index contributed by atoms with van der Waals surface area (Å²) < 4.78 is 27.5. The monoisotopic (exact) mass is 1540 g/mol. The smallest absolute Gasteiger partial charge is 0.273 e. The van der Waals surface area contributed by atoms with Gasteiger partial charge in [-0.05, 0) is 225 Å². The number of H-pyrrole nitrogens is 4. The van der Waals surface area contributed by atoms with E-state index in [1.807, 2.05) is 142 Å². The first kappa shape index (κ1) is 73.7. The second-order valence-electron chi connectivity index (χ2n) is 28.9. The van der Waals surface area contributed by atoms with Crippen molar-refractivity contribution in [2.75, 3.05) is 73.6 Å². The summed E-state index contributed by atoms with van der Waals surface area (Å²) in [5.41, 5.74) is 11.7. The molecule has 578 valence electrons. The Hall–Kier alpha value is -14.1. The number of halogens is 2. The number of carbonyl (C=O) groups excluding carboxylic acids is 4. The zero-order chi connectivity index (χ0) is 78.2. The third-order valence-corrected chi connectivity index (χ3v) is 21.1. The molecule has 12 aromatic heterocycles. The van der Waals surface area contributed by atoms with Crippen molar-refractivity contribution in [2.24, 2.45) is 0 Å². The minimum Gasteiger partial charge on any atom is -0.337 e. The van der Waals surface area contributed by atoms with E-state index in [9.17, 15) is 28.0 Å². The second-order valence-corrected chi connectivity index (χ2v) is 28.9. The highest BCUT2D eigenvalue weighted by atomic mass is 19.3. The van der Waals surface area contributed by atoms with Gasteiger partial charge in [-0.25, -0.2) is 8.78 Å². The molecule has 4 aliphatic heterocycles. The van der Waals surface area contributed by atoms with E-state index in [4.69, 9.17) is 0 Å². The summed E-state index contributed by atoms with van der Waals surface area (Å²) in [5, 5.41) is 49.1. The van der Waals surface area contributed by atoms with Crippen LogP contribution in [0.4, 0.5) is 54.8 Å². The molecule has 0 saturated carbocycles. The predicted octanol–water partition coefficient (Wildman–Crippen LogP) is 16.1. The minimum atomic E-state index is -2.85. The molecule has 0 unspecified atom stereocenters. The van der Waals surface area contributed by atoms with Crippen LogP contribution < -0.4 is 21.3 Å². The zero-order valence-electron chi connectivity index (χ0n) is 62.7. The lowest BCUT2D eigenvalue weighted by Crippen LogP contribution is -2.45. The van der Waals surface area contributed by atoms with Crippen molar-refractivity contribution in [3.8, 4) is 0 Å². The fourth-order valence-corrected chi connectivity index (χ4v) is 15.2. The Morgan fingerprint density at radius 3 is 0.843 bits per heavy atom. The number of pyridine rings is 8. The van der Waals surface area contributed by atoms with E-state index >= 15 is 0 Å². The molecule has 16 heterocycles. The van der Waals surface area contributed by atoms with Crippen LogP contribution in [0.1, 0.15) is 119 Å². The van der Waals surface area contributed by atoms with Crippen molar-refractivity contribution in [3.05, 3.63) is 218 Å². The van der Waals surface area contributed by atoms with Gasteiger partial charge in [0.2, 0.25) is 0 Å². The number of aromatic nitrogens is 16. The van der Waals surface area contributed by atoms with E-state index in [0.29, 0.717) is 57.8 Å². The highest BCUT2D eigenvalue weighted by Gasteiger charge is 2.38. The number of hydrogen-bond acceptors (Lipinski definition) is 20. The summed E-state index contributed by atoms with van der Waals surface area (Å²) in [7, 11) is 0. The molecule has 8 N–H and O–H groups in total. The zero-order valence-corrected chi connectivity index (χ0v) is 62.7. The molecule has 0 atom stereocenters. The normalized spacial score (nSPS) is 15.0. The number of anilines is 8. The van der Waals surface area contributed by atoms with Crippen molar-refractivity contribution in [2.45, 2.75) is 83.0 Å². The number of likely N-dealkylation sites (tertiary alicyclic amines) is 4. The summed E-state index contributed by atoms with van der Waals surface area (Å²) >= 11 is 0. The third-order valence-electron chi connectivity index (χ3n) is 21.1. The molecule has 4 aliphatic rings. The molecule has 0 bridgehead atoms. The van der Waals surface area contributed by atoms with E-state index in [0.717, 1.165) is 177 Å². The number of fused-ring (bicyclic) bond motifs is 8. The number of rotatable bonds is 12. The van der Waals surface area contributed by atoms with Crippen molar-refractivity contribution < 1.29 is 28.0 Å². The van der Waals surface area contributed by atoms with E-state index in [1.54, 1.807) is 61.6 Å². The van der Waals surface area contributed by atoms with Gasteiger partial charge in [0, 0.05) is 146 Å². The van der Waals surface area contributed by atoms with E-state index in [2.05, 4.69) is 102 Å². The van der Waals surface area contributed by atoms with Gasteiger partial charge in [-0.2, -0.15) is 20.4 Å². The Labute approximate surface area is 656 Å². The van der Waals surface area contributed by atoms with Crippen LogP contribution in [0.25, 0.3) is 87.2 Å². The molecule has 0 spiro atoms. The van der Waals surface area contributed by atoms with Crippen molar-refractivity contribution in [1.29, 1.82) is 0 Å². The Bertz CT molecular complexity index is 6080. The van der Waals surface area contributed by atoms with Crippen LogP contribution in [-0.2, 0) is 0 Å². The molecular weight excluding hydrogens is 1460 g/mol. The number of nitrogens with one attached hydrogen (secondary N) is 8. The number of aromatic amines is 4. The van der Waals surface area contributed by atoms with Gasteiger partial charge in [-0.15, -0.1) is 0 Å². The van der Waals surface area contributed by atoms with Crippen LogP contribution in [0, 0.1) is 0 Å². The minimum absolute atomic E-state index is 0.0218. The molecular formula is C85H80F2N24O4. The standard InChI is InChI=1S/C22H22N6O.C21H18F2N6O.2C21H20N6O/c29-22(28-12-3-1-2-4-13-28)19-17-8-7-16(14-15(17)9-11-24-19)25-21-20-18(26-27-21)6-5-10-23-20;22-21(23)7-2-10-29(12-21)20(30)17-15-5-4-14(11-13(15)6-9-25-17)26-19-18-16(27-28-19)3-1-8-24-18;2*28-21(27-11-2-1-3-12-27)18-16-7-6-15(13-14(16)8-10-23-18)24-20-19-17(25-26-20)5-4-9-22-19/h5-11,14H,1-4,12-13H2,(H2,25,26,27);1,3-6,8-9,11H,2,7,10,12H2,(H2,26,27,28);2*4-10,13H,1-3,11-12H2,(H2,24,25,26). The molecule has 115 heavy (non-hydrogen) atoms. The van der Waals surface area contributed by atoms with E-state index in [1.165, 1.54) is 36.8 Å². The van der Waals surface area contributed by atoms with Crippen LogP contribution in [-0.4, -0.2) is 182 Å². The Balaban J connectivity index is 0.000000111. The van der Waals surface area contributed by atoms with Crippen LogP contribution in [0.5, 0.6) is 0 Å². The lowest BCUT2D eigenvalue weighted by Gasteiger charge is -2.32. The lowest BCUT2D eigenvalue weighted by atomic mass is 10.0. The van der Waals surface area contributed by atoms with Gasteiger partial charge in [-0.3, -0.25) is 79.4 Å². The Morgan fingerprint density at radius 2 is 0.565 bits per heavy atom. The molecule has 4 fully saturated rings. The van der Waals surface area contributed by atoms with E-state index in [-0.39, 0.29) is 36.3 Å². The molecule has 30 heteroatoms. The quantitative estimate of drug-likeness (QED) is 0.0563. The van der Waals surface area contributed by atoms with Gasteiger partial charge in [0.25, 0.3) is 29.6 Å². The van der Waals surface area contributed by atoms with Crippen molar-refractivity contribution in [3.63, 3.8) is 0 Å². The maximum atomic E-state index is 13.8. The first-order valence-electron chi connectivity index (χ1n) is 38.7. The second kappa shape index (κ2) is 33.1. The number of amides is 4. The Morgan fingerprint density at radius 1 is 0.304 bits per heavy atom. The molecule has 4 amide bonds.